The van der Waals surface area contributed by atoms with Crippen LogP contribution in [0.4, 0.5) is 14.7 Å². The van der Waals surface area contributed by atoms with Gasteiger partial charge in [-0.1, -0.05) is 12.1 Å². The highest BCUT2D eigenvalue weighted by atomic mass is 19.3. The molecule has 1 unspecified atom stereocenters. The van der Waals surface area contributed by atoms with E-state index in [2.05, 4.69) is 4.98 Å². The highest BCUT2D eigenvalue weighted by Gasteiger charge is 2.33. The van der Waals surface area contributed by atoms with Gasteiger partial charge in [-0.25, -0.2) is 18.7 Å². The van der Waals surface area contributed by atoms with Crippen LogP contribution in [-0.2, 0) is 16.0 Å². The Balaban J connectivity index is 1.15. The molecule has 9 nitrogen and oxygen atoms in total. The Morgan fingerprint density at radius 2 is 1.79 bits per heavy atom. The molecular formula is C31H40F2N6O3. The lowest BCUT2D eigenvalue weighted by Crippen LogP contribution is -2.37. The number of likely N-dealkylation sites (tertiary alicyclic amines) is 1. The van der Waals surface area contributed by atoms with Crippen LogP contribution in [0.15, 0.2) is 30.3 Å². The van der Waals surface area contributed by atoms with Crippen LogP contribution < -0.4 is 4.90 Å². The van der Waals surface area contributed by atoms with Gasteiger partial charge < -0.3 is 19.6 Å². The molecule has 1 N–H and O–H groups in total. The topological polar surface area (TPSA) is 96.6 Å². The molecule has 0 spiro atoms. The van der Waals surface area contributed by atoms with Gasteiger partial charge in [-0.2, -0.15) is 4.98 Å². The highest BCUT2D eigenvalue weighted by Crippen LogP contribution is 2.32. The molecule has 2 aromatic heterocycles. The van der Waals surface area contributed by atoms with Crippen LogP contribution in [-0.4, -0.2) is 81.4 Å². The minimum Gasteiger partial charge on any atom is -0.396 e. The molecule has 11 heteroatoms. The van der Waals surface area contributed by atoms with E-state index in [-0.39, 0.29) is 24.3 Å². The number of hydrogen-bond acceptors (Lipinski definition) is 7. The summed E-state index contributed by atoms with van der Waals surface area (Å²) in [5.41, 5.74) is 1.90. The molecule has 3 fully saturated rings. The molecule has 0 bridgehead atoms. The number of anilines is 1. The lowest BCUT2D eigenvalue weighted by atomic mass is 9.82. The number of halogens is 2. The van der Waals surface area contributed by atoms with E-state index >= 15 is 0 Å². The number of aliphatic hydroxyl groups is 1. The van der Waals surface area contributed by atoms with Crippen molar-refractivity contribution in [2.45, 2.75) is 57.8 Å². The van der Waals surface area contributed by atoms with Gasteiger partial charge in [0.2, 0.25) is 11.9 Å². The summed E-state index contributed by atoms with van der Waals surface area (Å²) in [6.07, 6.45) is 4.45. The van der Waals surface area contributed by atoms with Gasteiger partial charge in [0.15, 0.2) is 5.82 Å². The van der Waals surface area contributed by atoms with Gasteiger partial charge in [-0.05, 0) is 75.3 Å². The Morgan fingerprint density at radius 1 is 1.00 bits per heavy atom. The maximum absolute atomic E-state index is 14.1. The predicted octanol–water partition coefficient (Wildman–Crippen LogP) is 4.56. The van der Waals surface area contributed by atoms with E-state index in [1.54, 1.807) is 18.2 Å². The fraction of sp³-hybridized carbons (Fsp3) is 0.613. The first kappa shape index (κ1) is 28.9. The number of fused-ring (bicyclic) bond motifs is 1. The van der Waals surface area contributed by atoms with Crippen molar-refractivity contribution in [3.63, 3.8) is 0 Å². The molecule has 1 saturated carbocycles. The third kappa shape index (κ3) is 6.27. The standard InChI is InChI=1S/C31H40F2N6O3/c32-28(33)29-35-25-6-1-2-7-26(25)39(29)27-18-24(34-31(36-27)37-14-16-42-17-15-37)5-3-4-21-12-13-38(19-21)30(41)23-10-8-22(20-40)9-11-23/h1-2,6-7,18,21-23,28,40H,3-5,8-17,19-20H2. The molecule has 4 heterocycles. The van der Waals surface area contributed by atoms with E-state index in [0.717, 1.165) is 63.7 Å². The monoisotopic (exact) mass is 582 g/mol. The van der Waals surface area contributed by atoms with E-state index in [4.69, 9.17) is 14.7 Å². The average molecular weight is 583 g/mol. The largest absolute Gasteiger partial charge is 0.396 e. The number of carbonyl (C=O) groups is 1. The van der Waals surface area contributed by atoms with Gasteiger partial charge in [-0.3, -0.25) is 9.36 Å². The van der Waals surface area contributed by atoms with Gasteiger partial charge in [-0.15, -0.1) is 0 Å². The molecule has 1 atom stereocenters. The summed E-state index contributed by atoms with van der Waals surface area (Å²) in [5, 5.41) is 9.40. The maximum atomic E-state index is 14.1. The normalized spacial score (nSPS) is 23.3. The summed E-state index contributed by atoms with van der Waals surface area (Å²) < 4.78 is 35.2. The Bertz CT molecular complexity index is 1370. The van der Waals surface area contributed by atoms with Crippen molar-refractivity contribution in [2.24, 2.45) is 17.8 Å². The van der Waals surface area contributed by atoms with E-state index < -0.39 is 6.43 Å². The smallest absolute Gasteiger partial charge is 0.296 e. The molecule has 3 aromatic rings. The third-order valence-corrected chi connectivity index (χ3v) is 9.16. The van der Waals surface area contributed by atoms with Crippen LogP contribution in [0.3, 0.4) is 0 Å². The Labute approximate surface area is 244 Å². The maximum Gasteiger partial charge on any atom is 0.296 e. The van der Waals surface area contributed by atoms with Crippen LogP contribution >= 0.6 is 0 Å². The van der Waals surface area contributed by atoms with Crippen molar-refractivity contribution < 1.29 is 23.4 Å². The van der Waals surface area contributed by atoms with Gasteiger partial charge in [0.25, 0.3) is 6.43 Å². The van der Waals surface area contributed by atoms with E-state index in [9.17, 15) is 18.7 Å². The second kappa shape index (κ2) is 13.0. The number of aromatic nitrogens is 4. The minimum absolute atomic E-state index is 0.0991. The number of rotatable bonds is 9. The predicted molar refractivity (Wildman–Crippen MR) is 155 cm³/mol. The number of para-hydroxylation sites is 2. The molecule has 226 valence electrons. The van der Waals surface area contributed by atoms with E-state index in [1.807, 2.05) is 21.9 Å². The number of hydrogen-bond donors (Lipinski definition) is 1. The highest BCUT2D eigenvalue weighted by molar-refractivity contribution is 5.79. The van der Waals surface area contributed by atoms with Crippen molar-refractivity contribution in [2.75, 3.05) is 50.9 Å². The first-order valence-corrected chi connectivity index (χ1v) is 15.4. The van der Waals surface area contributed by atoms with Crippen LogP contribution in [0.25, 0.3) is 16.9 Å². The number of ether oxygens (including phenoxy) is 1. The van der Waals surface area contributed by atoms with Crippen LogP contribution in [0, 0.1) is 17.8 Å². The summed E-state index contributed by atoms with van der Waals surface area (Å²) in [6, 6.07) is 8.95. The fourth-order valence-corrected chi connectivity index (χ4v) is 6.74. The molecule has 1 aromatic carbocycles. The van der Waals surface area contributed by atoms with Crippen molar-refractivity contribution >= 4 is 22.9 Å². The Hall–Kier alpha value is -3.18. The van der Waals surface area contributed by atoms with Crippen molar-refractivity contribution in [3.8, 4) is 5.82 Å². The van der Waals surface area contributed by atoms with Gasteiger partial charge >= 0.3 is 0 Å². The van der Waals surface area contributed by atoms with Gasteiger partial charge in [0.1, 0.15) is 5.82 Å². The molecule has 42 heavy (non-hydrogen) atoms. The summed E-state index contributed by atoms with van der Waals surface area (Å²) in [7, 11) is 0. The number of benzene rings is 1. The van der Waals surface area contributed by atoms with Gasteiger partial charge in [0, 0.05) is 50.5 Å². The molecule has 2 aliphatic heterocycles. The number of aliphatic hydroxyl groups excluding tert-OH is 1. The fourth-order valence-electron chi connectivity index (χ4n) is 6.74. The second-order valence-corrected chi connectivity index (χ2v) is 11.9. The average Bonchev–Trinajstić information content (AvgIpc) is 3.66. The van der Waals surface area contributed by atoms with Crippen molar-refractivity contribution in [1.82, 2.24) is 24.4 Å². The van der Waals surface area contributed by atoms with Crippen molar-refractivity contribution in [3.05, 3.63) is 41.9 Å². The van der Waals surface area contributed by atoms with Crippen LogP contribution in [0.1, 0.15) is 62.9 Å². The van der Waals surface area contributed by atoms with Crippen molar-refractivity contribution in [1.29, 1.82) is 0 Å². The lowest BCUT2D eigenvalue weighted by molar-refractivity contribution is -0.136. The molecule has 2 saturated heterocycles. The first-order valence-electron chi connectivity index (χ1n) is 15.4. The minimum atomic E-state index is -2.75. The zero-order chi connectivity index (χ0) is 29.1. The van der Waals surface area contributed by atoms with Gasteiger partial charge in [0.05, 0.1) is 24.2 Å². The summed E-state index contributed by atoms with van der Waals surface area (Å²) in [4.78, 5) is 31.0. The number of aryl methyl sites for hydroxylation is 1. The Morgan fingerprint density at radius 3 is 2.55 bits per heavy atom. The summed E-state index contributed by atoms with van der Waals surface area (Å²) in [5.74, 6) is 1.78. The zero-order valence-electron chi connectivity index (χ0n) is 24.0. The number of nitrogens with zero attached hydrogens (tertiary/aromatic N) is 6. The van der Waals surface area contributed by atoms with Crippen LogP contribution in [0.2, 0.25) is 0 Å². The number of morpholine rings is 1. The van der Waals surface area contributed by atoms with Crippen LogP contribution in [0.5, 0.6) is 0 Å². The zero-order valence-corrected chi connectivity index (χ0v) is 24.0. The molecule has 0 radical (unpaired) electrons. The van der Waals surface area contributed by atoms with E-state index in [1.165, 1.54) is 4.57 Å². The second-order valence-electron chi connectivity index (χ2n) is 11.9. The number of imidazole rings is 1. The molecular weight excluding hydrogens is 542 g/mol. The molecule has 6 rings (SSSR count). The molecule has 1 amide bonds. The summed E-state index contributed by atoms with van der Waals surface area (Å²) in [6.45, 7) is 4.25. The first-order chi connectivity index (χ1) is 20.5. The molecule has 1 aliphatic carbocycles. The quantitative estimate of drug-likeness (QED) is 0.395. The van der Waals surface area contributed by atoms with E-state index in [0.29, 0.717) is 67.4 Å². The summed E-state index contributed by atoms with van der Waals surface area (Å²) >= 11 is 0. The third-order valence-electron chi connectivity index (χ3n) is 9.16. The molecule has 3 aliphatic rings. The SMILES string of the molecule is O=C(C1CCC(CO)CC1)N1CCC(CCCc2cc(-n3c(C(F)F)nc4ccccc43)nc(N3CCOCC3)n2)C1. The number of carbonyl (C=O) groups excluding carboxylic acids is 1. The Kier molecular flexibility index (Phi) is 8.95. The number of alkyl halides is 2. The lowest BCUT2D eigenvalue weighted by Gasteiger charge is -2.29. The number of amides is 1.